The van der Waals surface area contributed by atoms with E-state index in [9.17, 15) is 9.18 Å². The Morgan fingerprint density at radius 3 is 1.95 bits per heavy atom. The number of amides is 1. The van der Waals surface area contributed by atoms with Gasteiger partial charge in [-0.15, -0.1) is 0 Å². The van der Waals surface area contributed by atoms with Crippen LogP contribution >= 0.6 is 0 Å². The third-order valence-electron chi connectivity index (χ3n) is 3.63. The number of rotatable bonds is 4. The van der Waals surface area contributed by atoms with Crippen molar-refractivity contribution in [2.24, 2.45) is 5.73 Å². The Morgan fingerprint density at radius 2 is 1.63 bits per heavy atom. The van der Waals surface area contributed by atoms with Gasteiger partial charge < -0.3 is 5.73 Å². The molecule has 0 bridgehead atoms. The number of primary amides is 1. The van der Waals surface area contributed by atoms with Crippen molar-refractivity contribution >= 4 is 19.2 Å². The molecule has 0 fully saturated rings. The molecule has 1 rings (SSSR count). The molecule has 0 aromatic heterocycles. The van der Waals surface area contributed by atoms with Crippen molar-refractivity contribution in [2.45, 2.75) is 53.3 Å². The summed E-state index contributed by atoms with van der Waals surface area (Å²) in [7, 11) is -1.98. The Bertz CT molecular complexity index is 518. The summed E-state index contributed by atoms with van der Waals surface area (Å²) >= 11 is 0. The second-order valence-electron chi connectivity index (χ2n) is 5.97. The quantitative estimate of drug-likeness (QED) is 0.847. The summed E-state index contributed by atoms with van der Waals surface area (Å²) in [5, 5.41) is 0.589. The topological polar surface area (TPSA) is 43.1 Å². The Hall–Kier alpha value is -1.16. The minimum absolute atomic E-state index is 0.196. The van der Waals surface area contributed by atoms with Gasteiger partial charge in [0.15, 0.2) is 0 Å². The molecular formula is C15H24FNOSi. The van der Waals surface area contributed by atoms with Crippen LogP contribution in [0, 0.1) is 12.7 Å². The summed E-state index contributed by atoms with van der Waals surface area (Å²) < 4.78 is 14.8. The SMILES string of the molecule is CCc1c(C)c(C(N)=O)c([Si](C)(C)C)c(F)c1CC. The van der Waals surface area contributed by atoms with Gasteiger partial charge in [-0.2, -0.15) is 0 Å². The molecule has 0 saturated heterocycles. The molecule has 4 heteroatoms. The first kappa shape index (κ1) is 15.9. The molecule has 0 radical (unpaired) electrons. The number of carbonyl (C=O) groups excluding carboxylic acids is 1. The first-order chi connectivity index (χ1) is 8.66. The lowest BCUT2D eigenvalue weighted by Crippen LogP contribution is -2.46. The van der Waals surface area contributed by atoms with E-state index in [4.69, 9.17) is 5.73 Å². The van der Waals surface area contributed by atoms with Crippen molar-refractivity contribution in [1.29, 1.82) is 0 Å². The van der Waals surface area contributed by atoms with E-state index < -0.39 is 14.0 Å². The largest absolute Gasteiger partial charge is 0.366 e. The molecule has 0 aliphatic heterocycles. The number of carbonyl (C=O) groups is 1. The van der Waals surface area contributed by atoms with Gasteiger partial charge in [-0.3, -0.25) is 4.79 Å². The van der Waals surface area contributed by atoms with Gasteiger partial charge in [0.05, 0.1) is 8.07 Å². The molecule has 0 saturated carbocycles. The third-order valence-corrected chi connectivity index (χ3v) is 5.60. The smallest absolute Gasteiger partial charge is 0.248 e. The zero-order valence-corrected chi connectivity index (χ0v) is 13.8. The first-order valence-electron chi connectivity index (χ1n) is 6.80. The second-order valence-corrected chi connectivity index (χ2v) is 11.0. The molecule has 19 heavy (non-hydrogen) atoms. The molecule has 0 aliphatic carbocycles. The normalized spacial score (nSPS) is 11.7. The molecule has 1 aromatic rings. The average Bonchev–Trinajstić information content (AvgIpc) is 2.28. The lowest BCUT2D eigenvalue weighted by atomic mass is 9.92. The number of hydrogen-bond acceptors (Lipinski definition) is 1. The number of nitrogens with two attached hydrogens (primary N) is 1. The lowest BCUT2D eigenvalue weighted by Gasteiger charge is -2.26. The molecule has 0 aliphatic rings. The molecule has 0 spiro atoms. The van der Waals surface area contributed by atoms with Crippen LogP contribution in [-0.2, 0) is 12.8 Å². The van der Waals surface area contributed by atoms with Crippen LogP contribution in [0.1, 0.15) is 40.9 Å². The van der Waals surface area contributed by atoms with Crippen LogP contribution in [0.5, 0.6) is 0 Å². The highest BCUT2D eigenvalue weighted by molar-refractivity contribution is 6.89. The monoisotopic (exact) mass is 281 g/mol. The van der Waals surface area contributed by atoms with Crippen LogP contribution < -0.4 is 10.9 Å². The van der Waals surface area contributed by atoms with Crippen molar-refractivity contribution in [3.05, 3.63) is 28.1 Å². The summed E-state index contributed by atoms with van der Waals surface area (Å²) in [6, 6.07) is 0. The lowest BCUT2D eigenvalue weighted by molar-refractivity contribution is 0.1000. The maximum absolute atomic E-state index is 14.8. The Morgan fingerprint density at radius 1 is 1.16 bits per heavy atom. The molecule has 0 unspecified atom stereocenters. The van der Waals surface area contributed by atoms with Crippen LogP contribution in [0.15, 0.2) is 0 Å². The Kier molecular flexibility index (Phi) is 4.56. The van der Waals surface area contributed by atoms with E-state index in [2.05, 4.69) is 0 Å². The van der Waals surface area contributed by atoms with Crippen molar-refractivity contribution in [2.75, 3.05) is 0 Å². The van der Waals surface area contributed by atoms with Crippen molar-refractivity contribution in [1.82, 2.24) is 0 Å². The molecule has 0 atom stereocenters. The van der Waals surface area contributed by atoms with Gasteiger partial charge in [0.25, 0.3) is 0 Å². The van der Waals surface area contributed by atoms with Crippen molar-refractivity contribution < 1.29 is 9.18 Å². The molecule has 1 amide bonds. The maximum Gasteiger partial charge on any atom is 0.248 e. The predicted octanol–water partition coefficient (Wildman–Crippen LogP) is 2.90. The van der Waals surface area contributed by atoms with Crippen molar-refractivity contribution in [3.8, 4) is 0 Å². The minimum Gasteiger partial charge on any atom is -0.366 e. The predicted molar refractivity (Wildman–Crippen MR) is 81.4 cm³/mol. The van der Waals surface area contributed by atoms with E-state index >= 15 is 0 Å². The fraction of sp³-hybridized carbons (Fsp3) is 0.533. The van der Waals surface area contributed by atoms with Crippen LogP contribution in [0.4, 0.5) is 4.39 Å². The van der Waals surface area contributed by atoms with Gasteiger partial charge in [-0.1, -0.05) is 33.5 Å². The van der Waals surface area contributed by atoms with Gasteiger partial charge in [0.2, 0.25) is 5.91 Å². The zero-order valence-electron chi connectivity index (χ0n) is 12.8. The van der Waals surface area contributed by atoms with Gasteiger partial charge >= 0.3 is 0 Å². The summed E-state index contributed by atoms with van der Waals surface area (Å²) in [5.74, 6) is -0.705. The Balaban J connectivity index is 3.90. The maximum atomic E-state index is 14.8. The van der Waals surface area contributed by atoms with E-state index in [0.29, 0.717) is 17.2 Å². The second kappa shape index (κ2) is 5.45. The van der Waals surface area contributed by atoms with E-state index in [1.54, 1.807) is 0 Å². The summed E-state index contributed by atoms with van der Waals surface area (Å²) in [6.45, 7) is 12.0. The van der Waals surface area contributed by atoms with Crippen LogP contribution in [0.25, 0.3) is 0 Å². The van der Waals surface area contributed by atoms with Crippen LogP contribution in [0.2, 0.25) is 19.6 Å². The third kappa shape index (κ3) is 2.73. The highest BCUT2D eigenvalue weighted by Gasteiger charge is 2.31. The zero-order chi connectivity index (χ0) is 15.0. The van der Waals surface area contributed by atoms with Gasteiger partial charge in [-0.05, 0) is 41.6 Å². The molecule has 0 heterocycles. The standard InChI is InChI=1S/C15H24FNOSi/c1-7-10-9(3)12(15(17)18)14(19(4,5)6)13(16)11(10)8-2/h7-8H2,1-6H3,(H2,17,18). The fourth-order valence-electron chi connectivity index (χ4n) is 2.82. The first-order valence-corrected chi connectivity index (χ1v) is 10.3. The van der Waals surface area contributed by atoms with E-state index in [0.717, 1.165) is 23.1 Å². The van der Waals surface area contributed by atoms with Gasteiger partial charge in [-0.25, -0.2) is 4.39 Å². The summed E-state index contributed by atoms with van der Waals surface area (Å²) in [5.41, 5.74) is 8.49. The van der Waals surface area contributed by atoms with E-state index in [-0.39, 0.29) is 5.82 Å². The van der Waals surface area contributed by atoms with Gasteiger partial charge in [0.1, 0.15) is 5.82 Å². The fourth-order valence-corrected chi connectivity index (χ4v) is 4.69. The van der Waals surface area contributed by atoms with Crippen molar-refractivity contribution in [3.63, 3.8) is 0 Å². The molecule has 106 valence electrons. The van der Waals surface area contributed by atoms with E-state index in [1.807, 2.05) is 40.4 Å². The van der Waals surface area contributed by atoms with Gasteiger partial charge in [0, 0.05) is 5.56 Å². The average molecular weight is 281 g/mol. The molecular weight excluding hydrogens is 257 g/mol. The highest BCUT2D eigenvalue weighted by atomic mass is 28.3. The molecule has 1 aromatic carbocycles. The molecule has 2 N–H and O–H groups in total. The number of hydrogen-bond donors (Lipinski definition) is 1. The summed E-state index contributed by atoms with van der Waals surface area (Å²) in [6.07, 6.45) is 1.37. The van der Waals surface area contributed by atoms with Crippen LogP contribution in [0.3, 0.4) is 0 Å². The number of benzene rings is 1. The highest BCUT2D eigenvalue weighted by Crippen LogP contribution is 2.24. The van der Waals surface area contributed by atoms with E-state index in [1.165, 1.54) is 0 Å². The minimum atomic E-state index is -1.98. The molecule has 2 nitrogen and oxygen atoms in total. The van der Waals surface area contributed by atoms with Crippen LogP contribution in [-0.4, -0.2) is 14.0 Å². The number of halogens is 1. The summed E-state index contributed by atoms with van der Waals surface area (Å²) in [4.78, 5) is 11.8. The Labute approximate surface area is 116 Å².